The minimum atomic E-state index is -0.469. The number of aryl methyl sites for hydroxylation is 1. The van der Waals surface area contributed by atoms with Crippen molar-refractivity contribution in [2.24, 2.45) is 4.99 Å². The number of ether oxygens (including phenoxy) is 3. The van der Waals surface area contributed by atoms with Crippen LogP contribution >= 0.6 is 0 Å². The minimum Gasteiger partial charge on any atom is -0.494 e. The van der Waals surface area contributed by atoms with Gasteiger partial charge in [0.15, 0.2) is 5.70 Å². The molecule has 5 heteroatoms. The molecule has 0 spiro atoms. The van der Waals surface area contributed by atoms with E-state index >= 15 is 0 Å². The predicted molar refractivity (Wildman–Crippen MR) is 120 cm³/mol. The molecule has 5 nitrogen and oxygen atoms in total. The van der Waals surface area contributed by atoms with Crippen molar-refractivity contribution in [2.45, 2.75) is 20.5 Å². The fourth-order valence-corrected chi connectivity index (χ4v) is 3.06. The van der Waals surface area contributed by atoms with E-state index in [0.717, 1.165) is 28.2 Å². The van der Waals surface area contributed by atoms with Gasteiger partial charge in [0, 0.05) is 5.56 Å². The van der Waals surface area contributed by atoms with Gasteiger partial charge < -0.3 is 14.2 Å². The summed E-state index contributed by atoms with van der Waals surface area (Å²) in [5.41, 5.74) is 4.16. The molecule has 0 N–H and O–H groups in total. The number of hydrogen-bond donors (Lipinski definition) is 0. The first-order valence-corrected chi connectivity index (χ1v) is 10.1. The number of carbonyl (C=O) groups is 1. The highest BCUT2D eigenvalue weighted by atomic mass is 16.6. The van der Waals surface area contributed by atoms with Crippen LogP contribution in [-0.4, -0.2) is 18.5 Å². The standard InChI is InChI=1S/C26H23NO4/c1-3-29-22-14-10-21(11-15-22)25-27-24(26(28)31-25)16-19-8-12-23(13-9-19)30-17-20-6-4-18(2)5-7-20/h4-16H,3,17H2,1-2H3/b24-16-. The molecule has 0 radical (unpaired) electrons. The first kappa shape index (κ1) is 20.4. The van der Waals surface area contributed by atoms with Crippen molar-refractivity contribution < 1.29 is 19.0 Å². The molecule has 0 atom stereocenters. The molecule has 3 aromatic rings. The maximum atomic E-state index is 12.2. The summed E-state index contributed by atoms with van der Waals surface area (Å²) in [7, 11) is 0. The number of carbonyl (C=O) groups excluding carboxylic acids is 1. The second kappa shape index (κ2) is 9.30. The Morgan fingerprint density at radius 3 is 2.19 bits per heavy atom. The fraction of sp³-hybridized carbons (Fsp3) is 0.154. The summed E-state index contributed by atoms with van der Waals surface area (Å²) in [6.07, 6.45) is 1.70. The SMILES string of the molecule is CCOc1ccc(C2=N/C(=C\c3ccc(OCc4ccc(C)cc4)cc3)C(=O)O2)cc1. The largest absolute Gasteiger partial charge is 0.494 e. The molecule has 0 fully saturated rings. The van der Waals surface area contributed by atoms with Gasteiger partial charge in [-0.3, -0.25) is 0 Å². The second-order valence-electron chi connectivity index (χ2n) is 7.14. The van der Waals surface area contributed by atoms with Crippen molar-refractivity contribution in [3.8, 4) is 11.5 Å². The number of benzene rings is 3. The van der Waals surface area contributed by atoms with Crippen LogP contribution in [0.5, 0.6) is 11.5 Å². The van der Waals surface area contributed by atoms with Crippen LogP contribution in [0, 0.1) is 6.92 Å². The van der Waals surface area contributed by atoms with Crippen LogP contribution in [0.1, 0.15) is 29.2 Å². The molecule has 0 unspecified atom stereocenters. The first-order chi connectivity index (χ1) is 15.1. The van der Waals surface area contributed by atoms with Gasteiger partial charge in [0.05, 0.1) is 6.61 Å². The number of cyclic esters (lactones) is 1. The van der Waals surface area contributed by atoms with Crippen LogP contribution in [0.25, 0.3) is 6.08 Å². The third kappa shape index (κ3) is 5.20. The monoisotopic (exact) mass is 413 g/mol. The lowest BCUT2D eigenvalue weighted by molar-refractivity contribution is -0.129. The van der Waals surface area contributed by atoms with E-state index in [0.29, 0.717) is 13.2 Å². The second-order valence-corrected chi connectivity index (χ2v) is 7.14. The van der Waals surface area contributed by atoms with Crippen LogP contribution in [0.3, 0.4) is 0 Å². The maximum Gasteiger partial charge on any atom is 0.363 e. The summed E-state index contributed by atoms with van der Waals surface area (Å²) >= 11 is 0. The van der Waals surface area contributed by atoms with E-state index in [2.05, 4.69) is 36.2 Å². The van der Waals surface area contributed by atoms with E-state index in [9.17, 15) is 4.79 Å². The van der Waals surface area contributed by atoms with Crippen LogP contribution in [0.2, 0.25) is 0 Å². The number of hydrogen-bond acceptors (Lipinski definition) is 5. The summed E-state index contributed by atoms with van der Waals surface area (Å²) < 4.78 is 16.6. The van der Waals surface area contributed by atoms with Gasteiger partial charge in [-0.1, -0.05) is 42.0 Å². The molecular weight excluding hydrogens is 390 g/mol. The van der Waals surface area contributed by atoms with E-state index in [-0.39, 0.29) is 11.6 Å². The first-order valence-electron chi connectivity index (χ1n) is 10.1. The lowest BCUT2D eigenvalue weighted by atomic mass is 10.1. The van der Waals surface area contributed by atoms with E-state index in [1.165, 1.54) is 5.56 Å². The van der Waals surface area contributed by atoms with Gasteiger partial charge in [-0.25, -0.2) is 9.79 Å². The number of aliphatic imine (C=N–C) groups is 1. The van der Waals surface area contributed by atoms with E-state index in [4.69, 9.17) is 14.2 Å². The molecular formula is C26H23NO4. The topological polar surface area (TPSA) is 57.1 Å². The fourth-order valence-electron chi connectivity index (χ4n) is 3.06. The van der Waals surface area contributed by atoms with Crippen molar-refractivity contribution in [1.82, 2.24) is 0 Å². The zero-order valence-corrected chi connectivity index (χ0v) is 17.5. The Hall–Kier alpha value is -3.86. The van der Waals surface area contributed by atoms with Crippen LogP contribution in [-0.2, 0) is 16.1 Å². The van der Waals surface area contributed by atoms with E-state index < -0.39 is 5.97 Å². The number of esters is 1. The van der Waals surface area contributed by atoms with Crippen molar-refractivity contribution in [1.29, 1.82) is 0 Å². The Balaban J connectivity index is 1.42. The van der Waals surface area contributed by atoms with Gasteiger partial charge in [-0.2, -0.15) is 0 Å². The quantitative estimate of drug-likeness (QED) is 0.389. The number of nitrogens with zero attached hydrogens (tertiary/aromatic N) is 1. The van der Waals surface area contributed by atoms with Crippen LogP contribution in [0.4, 0.5) is 0 Å². The average molecular weight is 413 g/mol. The summed E-state index contributed by atoms with van der Waals surface area (Å²) in [5, 5.41) is 0. The molecule has 0 saturated carbocycles. The molecule has 0 aliphatic carbocycles. The Kier molecular flexibility index (Phi) is 6.13. The summed E-state index contributed by atoms with van der Waals surface area (Å²) in [6, 6.07) is 23.0. The zero-order chi connectivity index (χ0) is 21.6. The average Bonchev–Trinajstić information content (AvgIpc) is 3.15. The third-order valence-electron chi connectivity index (χ3n) is 4.74. The smallest absolute Gasteiger partial charge is 0.363 e. The molecule has 4 rings (SSSR count). The minimum absolute atomic E-state index is 0.261. The zero-order valence-electron chi connectivity index (χ0n) is 17.5. The lowest BCUT2D eigenvalue weighted by Crippen LogP contribution is -2.05. The molecule has 1 heterocycles. The van der Waals surface area contributed by atoms with Crippen molar-refractivity contribution in [3.05, 3.63) is 101 Å². The Morgan fingerprint density at radius 2 is 1.52 bits per heavy atom. The lowest BCUT2D eigenvalue weighted by Gasteiger charge is -2.07. The van der Waals surface area contributed by atoms with Crippen LogP contribution in [0.15, 0.2) is 83.5 Å². The predicted octanol–water partition coefficient (Wildman–Crippen LogP) is 5.32. The van der Waals surface area contributed by atoms with Crippen molar-refractivity contribution in [2.75, 3.05) is 6.61 Å². The highest BCUT2D eigenvalue weighted by molar-refractivity contribution is 6.12. The summed E-state index contributed by atoms with van der Waals surface area (Å²) in [4.78, 5) is 16.6. The maximum absolute atomic E-state index is 12.2. The molecule has 0 aromatic heterocycles. The van der Waals surface area contributed by atoms with Gasteiger partial charge in [0.2, 0.25) is 5.90 Å². The van der Waals surface area contributed by atoms with E-state index in [1.54, 1.807) is 6.08 Å². The summed E-state index contributed by atoms with van der Waals surface area (Å²) in [6.45, 7) is 5.08. The third-order valence-corrected chi connectivity index (χ3v) is 4.74. The van der Waals surface area contributed by atoms with E-state index in [1.807, 2.05) is 55.5 Å². The Bertz CT molecular complexity index is 1110. The molecule has 1 aliphatic heterocycles. The summed E-state index contributed by atoms with van der Waals surface area (Å²) in [5.74, 6) is 1.34. The van der Waals surface area contributed by atoms with Gasteiger partial charge in [0.1, 0.15) is 18.1 Å². The number of rotatable bonds is 7. The molecule has 0 saturated heterocycles. The normalized spacial score (nSPS) is 14.3. The molecule has 0 amide bonds. The van der Waals surface area contributed by atoms with Crippen LogP contribution < -0.4 is 9.47 Å². The highest BCUT2D eigenvalue weighted by Crippen LogP contribution is 2.22. The molecule has 0 bridgehead atoms. The molecule has 31 heavy (non-hydrogen) atoms. The van der Waals surface area contributed by atoms with Crippen molar-refractivity contribution >= 4 is 17.9 Å². The highest BCUT2D eigenvalue weighted by Gasteiger charge is 2.24. The van der Waals surface area contributed by atoms with Gasteiger partial charge in [-0.15, -0.1) is 0 Å². The Labute approximate surface area is 181 Å². The molecule has 3 aromatic carbocycles. The van der Waals surface area contributed by atoms with Gasteiger partial charge in [-0.05, 0) is 67.4 Å². The molecule has 1 aliphatic rings. The van der Waals surface area contributed by atoms with Crippen molar-refractivity contribution in [3.63, 3.8) is 0 Å². The van der Waals surface area contributed by atoms with Gasteiger partial charge >= 0.3 is 5.97 Å². The molecule has 156 valence electrons. The Morgan fingerprint density at radius 1 is 0.871 bits per heavy atom. The van der Waals surface area contributed by atoms with Gasteiger partial charge in [0.25, 0.3) is 0 Å².